The number of hydrogen-bond donors (Lipinski definition) is 1. The Morgan fingerprint density at radius 3 is 2.36 bits per heavy atom. The molecule has 9 heteroatoms. The lowest BCUT2D eigenvalue weighted by molar-refractivity contribution is -0.124. The Morgan fingerprint density at radius 2 is 1.82 bits per heavy atom. The Morgan fingerprint density at radius 1 is 1.21 bits per heavy atom. The van der Waals surface area contributed by atoms with Crippen molar-refractivity contribution in [3.63, 3.8) is 0 Å². The molecular formula is C19H29N3O4S2. The number of nitrogens with one attached hydrogen (secondary N) is 1. The quantitative estimate of drug-likeness (QED) is 0.687. The molecule has 1 heterocycles. The Hall–Kier alpha value is -1.58. The van der Waals surface area contributed by atoms with E-state index in [9.17, 15) is 18.0 Å². The number of hydrogen-bond acceptors (Lipinski definition) is 5. The largest absolute Gasteiger partial charge is 0.352 e. The summed E-state index contributed by atoms with van der Waals surface area (Å²) in [5.41, 5.74) is 0.449. The maximum atomic E-state index is 13.1. The molecule has 1 aliphatic rings. The van der Waals surface area contributed by atoms with Crippen molar-refractivity contribution in [1.29, 1.82) is 0 Å². The minimum absolute atomic E-state index is 0.00646. The van der Waals surface area contributed by atoms with Crippen LogP contribution < -0.4 is 5.32 Å². The summed E-state index contributed by atoms with van der Waals surface area (Å²) in [5.74, 6) is 0.272. The first-order chi connectivity index (χ1) is 13.3. The van der Waals surface area contributed by atoms with Crippen LogP contribution in [0.4, 0.5) is 0 Å². The molecule has 1 saturated heterocycles. The fourth-order valence-corrected chi connectivity index (χ4v) is 6.06. The number of thioether (sulfide) groups is 1. The molecule has 1 fully saturated rings. The van der Waals surface area contributed by atoms with Crippen molar-refractivity contribution in [2.24, 2.45) is 0 Å². The number of carbonyl (C=O) groups excluding carboxylic acids is 2. The van der Waals surface area contributed by atoms with Crippen molar-refractivity contribution >= 4 is 33.6 Å². The lowest BCUT2D eigenvalue weighted by Gasteiger charge is -2.24. The van der Waals surface area contributed by atoms with Gasteiger partial charge in [0.2, 0.25) is 15.9 Å². The summed E-state index contributed by atoms with van der Waals surface area (Å²) in [6.45, 7) is 8.83. The van der Waals surface area contributed by atoms with Gasteiger partial charge in [0.1, 0.15) is 6.04 Å². The van der Waals surface area contributed by atoms with Gasteiger partial charge in [0.25, 0.3) is 5.91 Å². The second-order valence-corrected chi connectivity index (χ2v) is 9.62. The molecule has 0 radical (unpaired) electrons. The van der Waals surface area contributed by atoms with Gasteiger partial charge in [-0.1, -0.05) is 6.92 Å². The van der Waals surface area contributed by atoms with E-state index in [1.54, 1.807) is 4.90 Å². The van der Waals surface area contributed by atoms with Crippen LogP contribution in [0, 0.1) is 0 Å². The van der Waals surface area contributed by atoms with Gasteiger partial charge in [-0.2, -0.15) is 4.31 Å². The van der Waals surface area contributed by atoms with Crippen LogP contribution in [0.3, 0.4) is 0 Å². The molecule has 0 bridgehead atoms. The normalized spacial score (nSPS) is 18.6. The first kappa shape index (κ1) is 22.7. The van der Waals surface area contributed by atoms with E-state index in [0.717, 1.165) is 6.42 Å². The number of carbonyl (C=O) groups is 2. The number of benzene rings is 1. The van der Waals surface area contributed by atoms with E-state index in [1.807, 2.05) is 27.7 Å². The van der Waals surface area contributed by atoms with E-state index in [1.165, 1.54) is 40.3 Å². The van der Waals surface area contributed by atoms with Gasteiger partial charge in [-0.25, -0.2) is 8.42 Å². The van der Waals surface area contributed by atoms with Crippen LogP contribution in [0.1, 0.15) is 44.5 Å². The number of nitrogens with zero attached hydrogens (tertiary/aromatic N) is 2. The third-order valence-electron chi connectivity index (χ3n) is 4.90. The Labute approximate surface area is 171 Å². The Bertz CT molecular complexity index is 792. The molecule has 2 rings (SSSR count). The molecule has 2 unspecified atom stereocenters. The van der Waals surface area contributed by atoms with E-state index in [-0.39, 0.29) is 28.6 Å². The van der Waals surface area contributed by atoms with Gasteiger partial charge in [-0.15, -0.1) is 11.8 Å². The molecule has 0 aliphatic carbocycles. The molecular weight excluding hydrogens is 398 g/mol. The van der Waals surface area contributed by atoms with Gasteiger partial charge in [0.15, 0.2) is 0 Å². The van der Waals surface area contributed by atoms with Gasteiger partial charge in [0.05, 0.1) is 10.8 Å². The van der Waals surface area contributed by atoms with Gasteiger partial charge >= 0.3 is 0 Å². The highest BCUT2D eigenvalue weighted by molar-refractivity contribution is 8.00. The zero-order valence-corrected chi connectivity index (χ0v) is 18.5. The molecule has 1 aliphatic heterocycles. The highest BCUT2D eigenvalue weighted by atomic mass is 32.2. The van der Waals surface area contributed by atoms with Crippen LogP contribution in [-0.2, 0) is 14.8 Å². The predicted octanol–water partition coefficient (Wildman–Crippen LogP) is 2.15. The SMILES string of the molecule is CCC(C)NC(=O)C1CSCN1S(=O)(=O)c1ccc(C(=O)N(CC)CC)cc1. The van der Waals surface area contributed by atoms with Gasteiger partial charge in [-0.3, -0.25) is 9.59 Å². The van der Waals surface area contributed by atoms with Gasteiger partial charge < -0.3 is 10.2 Å². The molecule has 1 aromatic carbocycles. The van der Waals surface area contributed by atoms with Crippen LogP contribution in [0.2, 0.25) is 0 Å². The second kappa shape index (κ2) is 9.76. The third kappa shape index (κ3) is 4.87. The molecule has 1 N–H and O–H groups in total. The van der Waals surface area contributed by atoms with E-state index < -0.39 is 16.1 Å². The standard InChI is InChI=1S/C19H29N3O4S2/c1-5-14(4)20-18(23)17-12-27-13-22(17)28(25,26)16-10-8-15(9-11-16)19(24)21(6-2)7-3/h8-11,14,17H,5-7,12-13H2,1-4H3,(H,20,23). The van der Waals surface area contributed by atoms with E-state index in [4.69, 9.17) is 0 Å². The maximum absolute atomic E-state index is 13.1. The molecule has 156 valence electrons. The van der Waals surface area contributed by atoms with Crippen LogP contribution in [0.25, 0.3) is 0 Å². The van der Waals surface area contributed by atoms with Crippen molar-refractivity contribution in [3.8, 4) is 0 Å². The summed E-state index contributed by atoms with van der Waals surface area (Å²) < 4.78 is 27.4. The first-order valence-corrected chi connectivity index (χ1v) is 12.1. The lowest BCUT2D eigenvalue weighted by Crippen LogP contribution is -2.49. The zero-order chi connectivity index (χ0) is 20.9. The highest BCUT2D eigenvalue weighted by Gasteiger charge is 2.40. The summed E-state index contributed by atoms with van der Waals surface area (Å²) >= 11 is 1.42. The van der Waals surface area contributed by atoms with Gasteiger partial charge in [0, 0.05) is 30.4 Å². The molecule has 2 amide bonds. The minimum Gasteiger partial charge on any atom is -0.352 e. The van der Waals surface area contributed by atoms with E-state index in [0.29, 0.717) is 24.4 Å². The number of amides is 2. The van der Waals surface area contributed by atoms with Crippen LogP contribution >= 0.6 is 11.8 Å². The average molecular weight is 428 g/mol. The molecule has 2 atom stereocenters. The third-order valence-corrected chi connectivity index (χ3v) is 7.95. The summed E-state index contributed by atoms with van der Waals surface area (Å²) in [5, 5.41) is 2.87. The number of rotatable bonds is 8. The van der Waals surface area contributed by atoms with Crippen molar-refractivity contribution in [2.45, 2.75) is 51.1 Å². The smallest absolute Gasteiger partial charge is 0.253 e. The van der Waals surface area contributed by atoms with Crippen molar-refractivity contribution in [3.05, 3.63) is 29.8 Å². The van der Waals surface area contributed by atoms with Crippen LogP contribution in [0.15, 0.2) is 29.2 Å². The topological polar surface area (TPSA) is 86.8 Å². The lowest BCUT2D eigenvalue weighted by atomic mass is 10.2. The van der Waals surface area contributed by atoms with E-state index >= 15 is 0 Å². The van der Waals surface area contributed by atoms with Crippen LogP contribution in [0.5, 0.6) is 0 Å². The highest BCUT2D eigenvalue weighted by Crippen LogP contribution is 2.28. The van der Waals surface area contributed by atoms with Gasteiger partial charge in [-0.05, 0) is 51.5 Å². The molecule has 0 aromatic heterocycles. The minimum atomic E-state index is -3.82. The molecule has 7 nitrogen and oxygen atoms in total. The maximum Gasteiger partial charge on any atom is 0.253 e. The van der Waals surface area contributed by atoms with E-state index in [2.05, 4.69) is 5.32 Å². The molecule has 28 heavy (non-hydrogen) atoms. The fraction of sp³-hybridized carbons (Fsp3) is 0.579. The van der Waals surface area contributed by atoms with Crippen molar-refractivity contribution < 1.29 is 18.0 Å². The first-order valence-electron chi connectivity index (χ1n) is 9.55. The number of sulfonamides is 1. The predicted molar refractivity (Wildman–Crippen MR) is 112 cm³/mol. The second-order valence-electron chi connectivity index (χ2n) is 6.73. The molecule has 0 spiro atoms. The Balaban J connectivity index is 2.21. The summed E-state index contributed by atoms with van der Waals surface area (Å²) in [6, 6.07) is 5.22. The average Bonchev–Trinajstić information content (AvgIpc) is 3.19. The molecule has 1 aromatic rings. The fourth-order valence-electron chi connectivity index (χ4n) is 2.91. The van der Waals surface area contributed by atoms with Crippen molar-refractivity contribution in [2.75, 3.05) is 24.7 Å². The monoisotopic (exact) mass is 427 g/mol. The summed E-state index contributed by atoms with van der Waals surface area (Å²) in [7, 11) is -3.82. The Kier molecular flexibility index (Phi) is 7.91. The van der Waals surface area contributed by atoms with Crippen LogP contribution in [-0.4, -0.2) is 66.2 Å². The summed E-state index contributed by atoms with van der Waals surface area (Å²) in [4.78, 5) is 26.7. The zero-order valence-electron chi connectivity index (χ0n) is 16.8. The van der Waals surface area contributed by atoms with Crippen molar-refractivity contribution in [1.82, 2.24) is 14.5 Å². The molecule has 0 saturated carbocycles. The summed E-state index contributed by atoms with van der Waals surface area (Å²) in [6.07, 6.45) is 0.778.